The first-order valence-corrected chi connectivity index (χ1v) is 5.79. The van der Waals surface area contributed by atoms with Gasteiger partial charge in [-0.2, -0.15) is 0 Å². The van der Waals surface area contributed by atoms with Crippen LogP contribution in [0.25, 0.3) is 0 Å². The molecule has 0 spiro atoms. The Hall–Kier alpha value is -0.730. The highest BCUT2D eigenvalue weighted by Gasteiger charge is 2.28. The number of aliphatic hydroxyl groups excluding tert-OH is 1. The van der Waals surface area contributed by atoms with Crippen molar-refractivity contribution in [2.24, 2.45) is 5.84 Å². The standard InChI is InChI=1S/C10H22N4O3/c1-17-8-9(10(16)12-11)14-4-2-13(3-5-14)6-7-15/h9,15H,2-8,11H2,1H3,(H,12,16). The van der Waals surface area contributed by atoms with Gasteiger partial charge in [-0.25, -0.2) is 5.84 Å². The first-order chi connectivity index (χ1) is 8.22. The zero-order chi connectivity index (χ0) is 12.7. The van der Waals surface area contributed by atoms with E-state index in [0.29, 0.717) is 13.2 Å². The molecule has 1 aliphatic rings. The van der Waals surface area contributed by atoms with Crippen molar-refractivity contribution in [3.8, 4) is 0 Å². The van der Waals surface area contributed by atoms with Gasteiger partial charge in [-0.1, -0.05) is 0 Å². The molecule has 0 aromatic rings. The van der Waals surface area contributed by atoms with E-state index in [9.17, 15) is 4.79 Å². The number of nitrogens with one attached hydrogen (secondary N) is 1. The lowest BCUT2D eigenvalue weighted by Crippen LogP contribution is -2.57. The first kappa shape index (κ1) is 14.3. The van der Waals surface area contributed by atoms with Crippen LogP contribution >= 0.6 is 0 Å². The molecule has 1 rings (SSSR count). The van der Waals surface area contributed by atoms with Crippen LogP contribution in [0.1, 0.15) is 0 Å². The second-order valence-corrected chi connectivity index (χ2v) is 4.08. The molecule has 1 atom stereocenters. The minimum atomic E-state index is -0.332. The van der Waals surface area contributed by atoms with E-state index in [1.807, 2.05) is 0 Å². The van der Waals surface area contributed by atoms with Crippen molar-refractivity contribution in [2.45, 2.75) is 6.04 Å². The lowest BCUT2D eigenvalue weighted by atomic mass is 10.2. The number of carbonyl (C=O) groups is 1. The molecule has 0 bridgehead atoms. The molecule has 7 heteroatoms. The van der Waals surface area contributed by atoms with Gasteiger partial charge in [0.2, 0.25) is 0 Å². The number of methoxy groups -OCH3 is 1. The van der Waals surface area contributed by atoms with Crippen molar-refractivity contribution in [3.05, 3.63) is 0 Å². The van der Waals surface area contributed by atoms with Crippen molar-refractivity contribution in [3.63, 3.8) is 0 Å². The van der Waals surface area contributed by atoms with Crippen molar-refractivity contribution in [1.29, 1.82) is 0 Å². The third-order valence-corrected chi connectivity index (χ3v) is 3.03. The summed E-state index contributed by atoms with van der Waals surface area (Å²) in [7, 11) is 1.57. The Bertz CT molecular complexity index is 232. The van der Waals surface area contributed by atoms with Crippen LogP contribution in [-0.4, -0.2) is 79.9 Å². The van der Waals surface area contributed by atoms with Gasteiger partial charge in [0.15, 0.2) is 0 Å². The van der Waals surface area contributed by atoms with Crippen LogP contribution in [0.3, 0.4) is 0 Å². The van der Waals surface area contributed by atoms with Gasteiger partial charge >= 0.3 is 0 Å². The number of hydrogen-bond acceptors (Lipinski definition) is 6. The summed E-state index contributed by atoms with van der Waals surface area (Å²) < 4.78 is 5.04. The summed E-state index contributed by atoms with van der Waals surface area (Å²) in [5.74, 6) is 4.94. The largest absolute Gasteiger partial charge is 0.395 e. The molecule has 1 fully saturated rings. The smallest absolute Gasteiger partial charge is 0.253 e. The Labute approximate surface area is 101 Å². The summed E-state index contributed by atoms with van der Waals surface area (Å²) in [5, 5.41) is 8.85. The Kier molecular flexibility index (Phi) is 6.38. The number of carbonyl (C=O) groups excluding carboxylic acids is 1. The van der Waals surface area contributed by atoms with E-state index in [0.717, 1.165) is 26.2 Å². The van der Waals surface area contributed by atoms with Crippen LogP contribution in [0, 0.1) is 0 Å². The average Bonchev–Trinajstić information content (AvgIpc) is 2.37. The van der Waals surface area contributed by atoms with E-state index >= 15 is 0 Å². The summed E-state index contributed by atoms with van der Waals surface area (Å²) >= 11 is 0. The highest BCUT2D eigenvalue weighted by molar-refractivity contribution is 5.81. The maximum absolute atomic E-state index is 11.6. The molecule has 1 unspecified atom stereocenters. The topological polar surface area (TPSA) is 91.1 Å². The Morgan fingerprint density at radius 2 is 2.12 bits per heavy atom. The molecule has 7 nitrogen and oxygen atoms in total. The molecule has 0 aliphatic carbocycles. The molecule has 4 N–H and O–H groups in total. The molecule has 0 saturated carbocycles. The van der Waals surface area contributed by atoms with Gasteiger partial charge in [-0.05, 0) is 0 Å². The minimum Gasteiger partial charge on any atom is -0.395 e. The fourth-order valence-corrected chi connectivity index (χ4v) is 2.04. The highest BCUT2D eigenvalue weighted by Crippen LogP contribution is 2.07. The molecule has 0 aromatic carbocycles. The number of β-amino-alcohol motifs (C(OH)–C–C–N with tert-alkyl or cyclic N) is 1. The predicted molar refractivity (Wildman–Crippen MR) is 63.1 cm³/mol. The lowest BCUT2D eigenvalue weighted by Gasteiger charge is -2.37. The Morgan fingerprint density at radius 1 is 1.47 bits per heavy atom. The summed E-state index contributed by atoms with van der Waals surface area (Å²) in [6, 6.07) is -0.332. The zero-order valence-electron chi connectivity index (χ0n) is 10.3. The van der Waals surface area contributed by atoms with Crippen LogP contribution in [0.4, 0.5) is 0 Å². The van der Waals surface area contributed by atoms with Gasteiger partial charge in [0.05, 0.1) is 13.2 Å². The number of hydrazine groups is 1. The van der Waals surface area contributed by atoms with E-state index < -0.39 is 0 Å². The third-order valence-electron chi connectivity index (χ3n) is 3.03. The second-order valence-electron chi connectivity index (χ2n) is 4.08. The molecule has 0 radical (unpaired) electrons. The molecule has 0 aromatic heterocycles. The van der Waals surface area contributed by atoms with E-state index in [4.69, 9.17) is 15.7 Å². The fourth-order valence-electron chi connectivity index (χ4n) is 2.04. The summed E-state index contributed by atoms with van der Waals surface area (Å²) in [5.41, 5.74) is 2.17. The van der Waals surface area contributed by atoms with Crippen LogP contribution in [-0.2, 0) is 9.53 Å². The summed E-state index contributed by atoms with van der Waals surface area (Å²) in [4.78, 5) is 15.8. The number of hydrogen-bond donors (Lipinski definition) is 3. The number of piperazine rings is 1. The van der Waals surface area contributed by atoms with E-state index in [1.165, 1.54) is 0 Å². The Morgan fingerprint density at radius 3 is 2.59 bits per heavy atom. The number of nitrogens with two attached hydrogens (primary N) is 1. The van der Waals surface area contributed by atoms with Crippen LogP contribution < -0.4 is 11.3 Å². The van der Waals surface area contributed by atoms with Crippen LogP contribution in [0.2, 0.25) is 0 Å². The van der Waals surface area contributed by atoms with Crippen molar-refractivity contribution < 1.29 is 14.6 Å². The van der Waals surface area contributed by atoms with Crippen molar-refractivity contribution in [1.82, 2.24) is 15.2 Å². The van der Waals surface area contributed by atoms with Gasteiger partial charge in [0.25, 0.3) is 5.91 Å². The minimum absolute atomic E-state index is 0.171. The number of aliphatic hydroxyl groups is 1. The molecular weight excluding hydrogens is 224 g/mol. The van der Waals surface area contributed by atoms with Gasteiger partial charge in [-0.15, -0.1) is 0 Å². The number of rotatable bonds is 6. The zero-order valence-corrected chi connectivity index (χ0v) is 10.3. The summed E-state index contributed by atoms with van der Waals surface area (Å²) in [6.45, 7) is 4.44. The maximum Gasteiger partial charge on any atom is 0.253 e. The molecule has 1 aliphatic heterocycles. The SMILES string of the molecule is COCC(C(=O)NN)N1CCN(CCO)CC1. The quantitative estimate of drug-likeness (QED) is 0.275. The van der Waals surface area contributed by atoms with E-state index in [1.54, 1.807) is 7.11 Å². The maximum atomic E-state index is 11.6. The van der Waals surface area contributed by atoms with Crippen molar-refractivity contribution in [2.75, 3.05) is 53.0 Å². The van der Waals surface area contributed by atoms with Gasteiger partial charge in [-0.3, -0.25) is 20.0 Å². The molecule has 1 amide bonds. The van der Waals surface area contributed by atoms with Gasteiger partial charge in [0.1, 0.15) is 6.04 Å². The second kappa shape index (κ2) is 7.57. The predicted octanol–water partition coefficient (Wildman–Crippen LogP) is -2.40. The van der Waals surface area contributed by atoms with E-state index in [-0.39, 0.29) is 18.6 Å². The van der Waals surface area contributed by atoms with E-state index in [2.05, 4.69) is 15.2 Å². The molecule has 100 valence electrons. The van der Waals surface area contributed by atoms with Gasteiger partial charge in [0, 0.05) is 39.8 Å². The fraction of sp³-hybridized carbons (Fsp3) is 0.900. The van der Waals surface area contributed by atoms with Crippen LogP contribution in [0.15, 0.2) is 0 Å². The summed E-state index contributed by atoms with van der Waals surface area (Å²) in [6.07, 6.45) is 0. The molecule has 1 heterocycles. The van der Waals surface area contributed by atoms with Gasteiger partial charge < -0.3 is 9.84 Å². The van der Waals surface area contributed by atoms with Crippen molar-refractivity contribution >= 4 is 5.91 Å². The number of amides is 1. The lowest BCUT2D eigenvalue weighted by molar-refractivity contribution is -0.129. The first-order valence-electron chi connectivity index (χ1n) is 5.79. The third kappa shape index (κ3) is 4.21. The molecule has 17 heavy (non-hydrogen) atoms. The number of ether oxygens (including phenoxy) is 1. The Balaban J connectivity index is 2.45. The normalized spacial score (nSPS) is 20.2. The van der Waals surface area contributed by atoms with Crippen LogP contribution in [0.5, 0.6) is 0 Å². The number of nitrogens with zero attached hydrogens (tertiary/aromatic N) is 2. The molecule has 1 saturated heterocycles. The monoisotopic (exact) mass is 246 g/mol. The highest BCUT2D eigenvalue weighted by atomic mass is 16.5. The average molecular weight is 246 g/mol. The molecular formula is C10H22N4O3.